The number of carbonyl (C=O) groups is 1. The van der Waals surface area contributed by atoms with Crippen molar-refractivity contribution in [2.45, 2.75) is 26.8 Å². The van der Waals surface area contributed by atoms with Gasteiger partial charge in [0.1, 0.15) is 0 Å². The van der Waals surface area contributed by atoms with E-state index >= 15 is 0 Å². The lowest BCUT2D eigenvalue weighted by atomic mass is 9.87. The molecular weight excluding hydrogens is 144 g/mol. The lowest BCUT2D eigenvalue weighted by Gasteiger charge is -2.25. The largest absolute Gasteiger partial charge is 0.319 e. The van der Waals surface area contributed by atoms with Gasteiger partial charge in [0.15, 0.2) is 0 Å². The number of carbonyl (C=O) groups excluding carboxylic acids is 1. The molecule has 11 heavy (non-hydrogen) atoms. The van der Waals surface area contributed by atoms with Crippen molar-refractivity contribution >= 4 is 5.91 Å². The van der Waals surface area contributed by atoms with Crippen LogP contribution in [0.4, 0.5) is 0 Å². The molecule has 0 saturated carbocycles. The molecule has 0 saturated heterocycles. The molecule has 0 bridgehead atoms. The van der Waals surface area contributed by atoms with E-state index in [1.54, 1.807) is 0 Å². The van der Waals surface area contributed by atoms with Crippen LogP contribution in [0.5, 0.6) is 0 Å². The van der Waals surface area contributed by atoms with Gasteiger partial charge in [0.25, 0.3) is 5.91 Å². The van der Waals surface area contributed by atoms with Gasteiger partial charge in [-0.25, -0.2) is 5.48 Å². The zero-order valence-corrected chi connectivity index (χ0v) is 7.47. The van der Waals surface area contributed by atoms with Gasteiger partial charge in [0.05, 0.1) is 13.2 Å². The smallest absolute Gasteiger partial charge is 0.260 e. The predicted octanol–water partition coefficient (Wildman–Crippen LogP) is 0.0374. The number of hydroxylamine groups is 1. The molecule has 0 aliphatic rings. The van der Waals surface area contributed by atoms with E-state index in [9.17, 15) is 4.79 Å². The van der Waals surface area contributed by atoms with E-state index in [0.717, 1.165) is 0 Å². The van der Waals surface area contributed by atoms with Crippen molar-refractivity contribution in [3.05, 3.63) is 0 Å². The van der Waals surface area contributed by atoms with Gasteiger partial charge < -0.3 is 5.73 Å². The highest BCUT2D eigenvalue weighted by Crippen LogP contribution is 2.16. The Labute approximate surface area is 67.0 Å². The average molecular weight is 160 g/mol. The summed E-state index contributed by atoms with van der Waals surface area (Å²) >= 11 is 0. The Kier molecular flexibility index (Phi) is 3.48. The van der Waals surface area contributed by atoms with Crippen LogP contribution < -0.4 is 11.2 Å². The van der Waals surface area contributed by atoms with Crippen LogP contribution in [0.1, 0.15) is 20.8 Å². The summed E-state index contributed by atoms with van der Waals surface area (Å²) in [6.07, 6.45) is 0. The molecule has 0 heterocycles. The van der Waals surface area contributed by atoms with Crippen LogP contribution in [-0.4, -0.2) is 19.1 Å². The van der Waals surface area contributed by atoms with Gasteiger partial charge in [-0.15, -0.1) is 0 Å². The van der Waals surface area contributed by atoms with Crippen LogP contribution in [0.3, 0.4) is 0 Å². The lowest BCUT2D eigenvalue weighted by molar-refractivity contribution is -0.134. The van der Waals surface area contributed by atoms with Crippen molar-refractivity contribution in [2.24, 2.45) is 11.1 Å². The molecule has 3 N–H and O–H groups in total. The fraction of sp³-hybridized carbons (Fsp3) is 0.857. The second-order valence-corrected chi connectivity index (χ2v) is 3.51. The summed E-state index contributed by atoms with van der Waals surface area (Å²) in [4.78, 5) is 15.5. The monoisotopic (exact) mass is 160 g/mol. The molecule has 1 atom stereocenters. The predicted molar refractivity (Wildman–Crippen MR) is 42.6 cm³/mol. The Morgan fingerprint density at radius 2 is 2.00 bits per heavy atom. The van der Waals surface area contributed by atoms with E-state index in [1.165, 1.54) is 7.11 Å². The normalized spacial score (nSPS) is 14.3. The van der Waals surface area contributed by atoms with Crippen molar-refractivity contribution in [1.82, 2.24) is 5.48 Å². The maximum Gasteiger partial charge on any atom is 0.260 e. The van der Waals surface area contributed by atoms with Gasteiger partial charge in [-0.05, 0) is 5.41 Å². The Balaban J connectivity index is 4.03. The van der Waals surface area contributed by atoms with E-state index in [-0.39, 0.29) is 11.3 Å². The summed E-state index contributed by atoms with van der Waals surface area (Å²) in [7, 11) is 1.38. The van der Waals surface area contributed by atoms with Crippen molar-refractivity contribution in [3.8, 4) is 0 Å². The Hall–Kier alpha value is -0.610. The van der Waals surface area contributed by atoms with Crippen LogP contribution >= 0.6 is 0 Å². The fourth-order valence-corrected chi connectivity index (χ4v) is 0.557. The summed E-state index contributed by atoms with van der Waals surface area (Å²) in [6.45, 7) is 5.69. The first-order valence-corrected chi connectivity index (χ1v) is 3.48. The summed E-state index contributed by atoms with van der Waals surface area (Å²) in [5.41, 5.74) is 7.54. The molecule has 0 rings (SSSR count). The minimum Gasteiger partial charge on any atom is -0.319 e. The van der Waals surface area contributed by atoms with Crippen LogP contribution in [0.15, 0.2) is 0 Å². The highest BCUT2D eigenvalue weighted by atomic mass is 16.6. The molecule has 0 aromatic carbocycles. The zero-order valence-electron chi connectivity index (χ0n) is 7.47. The minimum absolute atomic E-state index is 0.234. The molecule has 0 aromatic rings. The standard InChI is InChI=1S/C7H16N2O2/c1-7(2,3)5(8)6(10)9-11-4/h5H,8H2,1-4H3,(H,9,10). The SMILES string of the molecule is CONC(=O)C(N)C(C)(C)C. The number of nitrogens with one attached hydrogen (secondary N) is 1. The van der Waals surface area contributed by atoms with Gasteiger partial charge in [0.2, 0.25) is 0 Å². The van der Waals surface area contributed by atoms with Crippen molar-refractivity contribution < 1.29 is 9.63 Å². The Bertz CT molecular complexity index is 140. The molecule has 0 aromatic heterocycles. The summed E-state index contributed by atoms with van der Waals surface area (Å²) in [5.74, 6) is -0.292. The third kappa shape index (κ3) is 3.34. The van der Waals surface area contributed by atoms with Crippen LogP contribution in [0, 0.1) is 5.41 Å². The van der Waals surface area contributed by atoms with E-state index in [1.807, 2.05) is 20.8 Å². The maximum absolute atomic E-state index is 11.0. The van der Waals surface area contributed by atoms with E-state index in [4.69, 9.17) is 5.73 Å². The van der Waals surface area contributed by atoms with Crippen molar-refractivity contribution in [1.29, 1.82) is 0 Å². The first kappa shape index (κ1) is 10.4. The number of amides is 1. The number of hydrogen-bond donors (Lipinski definition) is 2. The molecular formula is C7H16N2O2. The van der Waals surface area contributed by atoms with Crippen LogP contribution in [0.25, 0.3) is 0 Å². The first-order chi connectivity index (χ1) is 4.89. The molecule has 1 amide bonds. The average Bonchev–Trinajstić information content (AvgIpc) is 1.85. The molecule has 66 valence electrons. The lowest BCUT2D eigenvalue weighted by Crippen LogP contribution is -2.48. The van der Waals surface area contributed by atoms with Gasteiger partial charge in [-0.2, -0.15) is 0 Å². The zero-order chi connectivity index (χ0) is 9.07. The molecule has 4 nitrogen and oxygen atoms in total. The fourth-order valence-electron chi connectivity index (χ4n) is 0.557. The summed E-state index contributed by atoms with van der Waals surface area (Å²) in [5, 5.41) is 0. The van der Waals surface area contributed by atoms with Gasteiger partial charge >= 0.3 is 0 Å². The van der Waals surface area contributed by atoms with Gasteiger partial charge in [-0.3, -0.25) is 9.63 Å². The Morgan fingerprint density at radius 1 is 1.55 bits per heavy atom. The third-order valence-electron chi connectivity index (χ3n) is 1.42. The van der Waals surface area contributed by atoms with Crippen LogP contribution in [-0.2, 0) is 9.63 Å². The van der Waals surface area contributed by atoms with Gasteiger partial charge in [-0.1, -0.05) is 20.8 Å². The highest BCUT2D eigenvalue weighted by molar-refractivity contribution is 5.81. The molecule has 1 unspecified atom stereocenters. The van der Waals surface area contributed by atoms with E-state index in [0.29, 0.717) is 0 Å². The van der Waals surface area contributed by atoms with Gasteiger partial charge in [0, 0.05) is 0 Å². The number of rotatable bonds is 2. The molecule has 0 aliphatic heterocycles. The maximum atomic E-state index is 11.0. The summed E-state index contributed by atoms with van der Waals surface area (Å²) < 4.78 is 0. The second-order valence-electron chi connectivity index (χ2n) is 3.51. The van der Waals surface area contributed by atoms with E-state index in [2.05, 4.69) is 10.3 Å². The first-order valence-electron chi connectivity index (χ1n) is 3.48. The molecule has 0 aliphatic carbocycles. The number of hydrogen-bond acceptors (Lipinski definition) is 3. The van der Waals surface area contributed by atoms with Crippen molar-refractivity contribution in [2.75, 3.05) is 7.11 Å². The second kappa shape index (κ2) is 3.69. The highest BCUT2D eigenvalue weighted by Gasteiger charge is 2.27. The molecule has 4 heteroatoms. The molecule has 0 radical (unpaired) electrons. The van der Waals surface area contributed by atoms with Crippen LogP contribution in [0.2, 0.25) is 0 Å². The minimum atomic E-state index is -0.539. The quantitative estimate of drug-likeness (QED) is 0.560. The molecule has 0 fully saturated rings. The topological polar surface area (TPSA) is 64.3 Å². The molecule has 0 spiro atoms. The summed E-state index contributed by atoms with van der Waals surface area (Å²) in [6, 6.07) is -0.539. The number of nitrogens with two attached hydrogens (primary N) is 1. The third-order valence-corrected chi connectivity index (χ3v) is 1.42. The Morgan fingerprint density at radius 3 is 2.27 bits per heavy atom. The van der Waals surface area contributed by atoms with Crippen molar-refractivity contribution in [3.63, 3.8) is 0 Å². The van der Waals surface area contributed by atoms with E-state index < -0.39 is 6.04 Å².